The Labute approximate surface area is 168 Å². The van der Waals surface area contributed by atoms with Crippen molar-refractivity contribution in [2.75, 3.05) is 7.11 Å². The molecule has 4 rings (SSSR count). The molecule has 1 atom stereocenters. The van der Waals surface area contributed by atoms with Crippen LogP contribution in [0.3, 0.4) is 0 Å². The lowest BCUT2D eigenvalue weighted by Crippen LogP contribution is -2.22. The summed E-state index contributed by atoms with van der Waals surface area (Å²) in [6.45, 7) is 0.360. The number of hydrogen-bond acceptors (Lipinski definition) is 5. The molecule has 1 aromatic heterocycles. The number of rotatable bonds is 7. The molecule has 4 aromatic rings. The molecule has 0 saturated heterocycles. The topological polar surface area (TPSA) is 60.2 Å². The molecule has 0 radical (unpaired) electrons. The fraction of sp³-hybridized carbons (Fsp3) is 0.130. The number of hydrogen-bond donors (Lipinski definition) is 1. The van der Waals surface area contributed by atoms with E-state index in [4.69, 9.17) is 9.26 Å². The van der Waals surface area contributed by atoms with Crippen molar-refractivity contribution in [3.05, 3.63) is 102 Å². The van der Waals surface area contributed by atoms with Gasteiger partial charge in [0.2, 0.25) is 11.7 Å². The summed E-state index contributed by atoms with van der Waals surface area (Å²) < 4.78 is 24.2. The molecule has 0 aliphatic rings. The van der Waals surface area contributed by atoms with Gasteiger partial charge in [-0.05, 0) is 35.4 Å². The second kappa shape index (κ2) is 8.67. The molecule has 3 aromatic carbocycles. The van der Waals surface area contributed by atoms with Crippen molar-refractivity contribution in [3.63, 3.8) is 0 Å². The summed E-state index contributed by atoms with van der Waals surface area (Å²) >= 11 is 0. The van der Waals surface area contributed by atoms with Gasteiger partial charge in [-0.25, -0.2) is 4.39 Å². The van der Waals surface area contributed by atoms with Crippen LogP contribution in [0, 0.1) is 5.82 Å². The van der Waals surface area contributed by atoms with E-state index in [1.165, 1.54) is 12.1 Å². The minimum Gasteiger partial charge on any atom is -0.496 e. The Kier molecular flexibility index (Phi) is 5.63. The van der Waals surface area contributed by atoms with Crippen LogP contribution >= 0.6 is 0 Å². The number of nitrogens with zero attached hydrogens (tertiary/aromatic N) is 2. The fourth-order valence-electron chi connectivity index (χ4n) is 3.18. The maximum Gasteiger partial charge on any atom is 0.240 e. The molecule has 1 unspecified atom stereocenters. The van der Waals surface area contributed by atoms with E-state index in [0.717, 1.165) is 16.7 Å². The molecular weight excluding hydrogens is 369 g/mol. The van der Waals surface area contributed by atoms with Gasteiger partial charge in [0, 0.05) is 0 Å². The first-order valence-electron chi connectivity index (χ1n) is 9.24. The van der Waals surface area contributed by atoms with E-state index in [-0.39, 0.29) is 11.9 Å². The molecular formula is C23H20FN3O2. The molecule has 1 heterocycles. The molecule has 5 nitrogen and oxygen atoms in total. The van der Waals surface area contributed by atoms with Crippen molar-refractivity contribution in [1.29, 1.82) is 0 Å². The van der Waals surface area contributed by atoms with Crippen LogP contribution in [0.1, 0.15) is 23.1 Å². The number of halogens is 1. The monoisotopic (exact) mass is 389 g/mol. The zero-order valence-corrected chi connectivity index (χ0v) is 15.9. The Bertz CT molecular complexity index is 1060. The van der Waals surface area contributed by atoms with E-state index >= 15 is 0 Å². The minimum absolute atomic E-state index is 0.140. The number of ether oxygens (including phenoxy) is 1. The average Bonchev–Trinajstić information content (AvgIpc) is 3.24. The highest BCUT2D eigenvalue weighted by atomic mass is 19.1. The van der Waals surface area contributed by atoms with Crippen molar-refractivity contribution >= 4 is 0 Å². The number of nitrogens with one attached hydrogen (secondary N) is 1. The molecule has 29 heavy (non-hydrogen) atoms. The number of methoxy groups -OCH3 is 1. The molecule has 0 fully saturated rings. The molecule has 0 amide bonds. The van der Waals surface area contributed by atoms with E-state index < -0.39 is 0 Å². The van der Waals surface area contributed by atoms with Crippen LogP contribution in [0.25, 0.3) is 11.4 Å². The van der Waals surface area contributed by atoms with Gasteiger partial charge >= 0.3 is 0 Å². The van der Waals surface area contributed by atoms with Gasteiger partial charge in [0.25, 0.3) is 0 Å². The van der Waals surface area contributed by atoms with Gasteiger partial charge in [0.15, 0.2) is 0 Å². The minimum atomic E-state index is -0.265. The maximum atomic E-state index is 13.4. The van der Waals surface area contributed by atoms with Crippen molar-refractivity contribution in [2.24, 2.45) is 0 Å². The van der Waals surface area contributed by atoms with Crippen molar-refractivity contribution in [1.82, 2.24) is 15.5 Å². The van der Waals surface area contributed by atoms with Gasteiger partial charge < -0.3 is 9.26 Å². The standard InChI is InChI=1S/C23H20FN3O2/c1-28-20-10-6-5-9-19(20)23-26-21(29-27-23)15-25-22(16-7-3-2-4-8-16)17-11-13-18(24)14-12-17/h2-14,22,25H,15H2,1H3. The number of aromatic nitrogens is 2. The molecule has 0 aliphatic heterocycles. The van der Waals surface area contributed by atoms with Crippen molar-refractivity contribution in [3.8, 4) is 17.1 Å². The molecule has 146 valence electrons. The summed E-state index contributed by atoms with van der Waals surface area (Å²) in [7, 11) is 1.61. The van der Waals surface area contributed by atoms with Gasteiger partial charge in [-0.1, -0.05) is 59.8 Å². The van der Waals surface area contributed by atoms with Crippen molar-refractivity contribution in [2.45, 2.75) is 12.6 Å². The Morgan fingerprint density at radius 1 is 0.931 bits per heavy atom. The van der Waals surface area contributed by atoms with Gasteiger partial charge in [0.1, 0.15) is 11.6 Å². The third-order valence-corrected chi connectivity index (χ3v) is 4.61. The summed E-state index contributed by atoms with van der Waals surface area (Å²) in [6, 6.07) is 23.8. The lowest BCUT2D eigenvalue weighted by atomic mass is 9.98. The van der Waals surface area contributed by atoms with Gasteiger partial charge in [-0.3, -0.25) is 5.32 Å². The Balaban J connectivity index is 1.55. The van der Waals surface area contributed by atoms with E-state index in [9.17, 15) is 4.39 Å². The van der Waals surface area contributed by atoms with E-state index in [2.05, 4.69) is 15.5 Å². The molecule has 0 aliphatic carbocycles. The summed E-state index contributed by atoms with van der Waals surface area (Å²) in [5.74, 6) is 1.34. The first-order valence-corrected chi connectivity index (χ1v) is 9.24. The summed E-state index contributed by atoms with van der Waals surface area (Å²) in [6.07, 6.45) is 0. The average molecular weight is 389 g/mol. The lowest BCUT2D eigenvalue weighted by Gasteiger charge is -2.19. The lowest BCUT2D eigenvalue weighted by molar-refractivity contribution is 0.362. The zero-order valence-electron chi connectivity index (χ0n) is 15.9. The molecule has 1 N–H and O–H groups in total. The Morgan fingerprint density at radius 3 is 2.38 bits per heavy atom. The van der Waals surface area contributed by atoms with Crippen LogP contribution in [0.2, 0.25) is 0 Å². The predicted molar refractivity (Wildman–Crippen MR) is 108 cm³/mol. The smallest absolute Gasteiger partial charge is 0.240 e. The summed E-state index contributed by atoms with van der Waals surface area (Å²) in [5.41, 5.74) is 2.77. The SMILES string of the molecule is COc1ccccc1-c1noc(CNC(c2ccccc2)c2ccc(F)cc2)n1. The fourth-order valence-corrected chi connectivity index (χ4v) is 3.18. The van der Waals surface area contributed by atoms with Crippen LogP contribution in [0.4, 0.5) is 4.39 Å². The van der Waals surface area contributed by atoms with Gasteiger partial charge in [-0.15, -0.1) is 0 Å². The van der Waals surface area contributed by atoms with E-state index in [1.54, 1.807) is 19.2 Å². The predicted octanol–water partition coefficient (Wildman–Crippen LogP) is 4.76. The summed E-state index contributed by atoms with van der Waals surface area (Å²) in [5, 5.41) is 7.51. The van der Waals surface area contributed by atoms with Crippen LogP contribution in [-0.2, 0) is 6.54 Å². The normalized spacial score (nSPS) is 11.9. The quantitative estimate of drug-likeness (QED) is 0.494. The summed E-state index contributed by atoms with van der Waals surface area (Å²) in [4.78, 5) is 4.48. The highest BCUT2D eigenvalue weighted by molar-refractivity contribution is 5.63. The third kappa shape index (κ3) is 4.33. The Hall–Kier alpha value is -3.51. The first kappa shape index (κ1) is 18.8. The van der Waals surface area contributed by atoms with Gasteiger partial charge in [0.05, 0.1) is 25.3 Å². The first-order chi connectivity index (χ1) is 14.2. The van der Waals surface area contributed by atoms with Crippen LogP contribution in [-0.4, -0.2) is 17.3 Å². The highest BCUT2D eigenvalue weighted by Crippen LogP contribution is 2.27. The van der Waals surface area contributed by atoms with Crippen LogP contribution in [0.15, 0.2) is 83.4 Å². The number of para-hydroxylation sites is 1. The van der Waals surface area contributed by atoms with E-state index in [1.807, 2.05) is 54.6 Å². The molecule has 0 spiro atoms. The maximum absolute atomic E-state index is 13.4. The molecule has 0 saturated carbocycles. The second-order valence-electron chi connectivity index (χ2n) is 6.49. The van der Waals surface area contributed by atoms with Gasteiger partial charge in [-0.2, -0.15) is 4.98 Å². The Morgan fingerprint density at radius 2 is 1.62 bits per heavy atom. The van der Waals surface area contributed by atoms with Crippen LogP contribution < -0.4 is 10.1 Å². The largest absolute Gasteiger partial charge is 0.496 e. The highest BCUT2D eigenvalue weighted by Gasteiger charge is 2.17. The second-order valence-corrected chi connectivity index (χ2v) is 6.49. The molecule has 0 bridgehead atoms. The third-order valence-electron chi connectivity index (χ3n) is 4.61. The number of benzene rings is 3. The van der Waals surface area contributed by atoms with E-state index in [0.29, 0.717) is 24.0 Å². The zero-order chi connectivity index (χ0) is 20.1. The van der Waals surface area contributed by atoms with Crippen molar-refractivity contribution < 1.29 is 13.7 Å². The van der Waals surface area contributed by atoms with Crippen LogP contribution in [0.5, 0.6) is 5.75 Å². The molecule has 6 heteroatoms.